The molecule has 1 aromatic heterocycles. The minimum Gasteiger partial charge on any atom is -0.325 e. The summed E-state index contributed by atoms with van der Waals surface area (Å²) in [7, 11) is 0. The molecule has 0 spiro atoms. The van der Waals surface area contributed by atoms with Crippen molar-refractivity contribution < 1.29 is 4.79 Å². The number of nitrogens with one attached hydrogen (secondary N) is 1. The number of rotatable bonds is 2. The van der Waals surface area contributed by atoms with E-state index in [1.54, 1.807) is 6.20 Å². The van der Waals surface area contributed by atoms with Crippen LogP contribution < -0.4 is 5.32 Å². The SMILES string of the molecule is N#CC1(C(=O)Nc2ccc3ncccc3c2)CCCCC1. The van der Waals surface area contributed by atoms with Crippen molar-refractivity contribution in [2.45, 2.75) is 32.1 Å². The van der Waals surface area contributed by atoms with Gasteiger partial charge in [-0.2, -0.15) is 5.26 Å². The van der Waals surface area contributed by atoms with Crippen LogP contribution in [-0.2, 0) is 4.79 Å². The summed E-state index contributed by atoms with van der Waals surface area (Å²) in [5, 5.41) is 13.3. The summed E-state index contributed by atoms with van der Waals surface area (Å²) in [5.41, 5.74) is 0.756. The largest absolute Gasteiger partial charge is 0.325 e. The first-order valence-corrected chi connectivity index (χ1v) is 7.31. The van der Waals surface area contributed by atoms with Crippen LogP contribution in [0.15, 0.2) is 36.5 Å². The molecule has 1 N–H and O–H groups in total. The van der Waals surface area contributed by atoms with E-state index >= 15 is 0 Å². The summed E-state index contributed by atoms with van der Waals surface area (Å²) in [6, 6.07) is 11.7. The van der Waals surface area contributed by atoms with Gasteiger partial charge in [0.25, 0.3) is 0 Å². The number of nitrogens with zero attached hydrogens (tertiary/aromatic N) is 2. The van der Waals surface area contributed by atoms with Gasteiger partial charge in [0.1, 0.15) is 5.41 Å². The fourth-order valence-electron chi connectivity index (χ4n) is 2.95. The maximum absolute atomic E-state index is 12.5. The molecule has 1 saturated carbocycles. The number of anilines is 1. The molecule has 1 aliphatic rings. The molecular formula is C17H17N3O. The molecule has 0 aliphatic heterocycles. The summed E-state index contributed by atoms with van der Waals surface area (Å²) in [4.78, 5) is 16.8. The van der Waals surface area contributed by atoms with Crippen molar-refractivity contribution in [3.63, 3.8) is 0 Å². The second-order valence-corrected chi connectivity index (χ2v) is 5.62. The average Bonchev–Trinajstić information content (AvgIpc) is 2.55. The van der Waals surface area contributed by atoms with E-state index in [-0.39, 0.29) is 5.91 Å². The number of fused-ring (bicyclic) bond motifs is 1. The van der Waals surface area contributed by atoms with Gasteiger partial charge in [-0.15, -0.1) is 0 Å². The lowest BCUT2D eigenvalue weighted by atomic mass is 9.74. The highest BCUT2D eigenvalue weighted by atomic mass is 16.2. The first-order valence-electron chi connectivity index (χ1n) is 7.31. The van der Waals surface area contributed by atoms with Crippen LogP contribution in [0.4, 0.5) is 5.69 Å². The summed E-state index contributed by atoms with van der Waals surface area (Å²) in [6.45, 7) is 0. The summed E-state index contributed by atoms with van der Waals surface area (Å²) >= 11 is 0. The number of hydrogen-bond acceptors (Lipinski definition) is 3. The molecule has 3 rings (SSSR count). The second kappa shape index (κ2) is 5.53. The molecule has 0 saturated heterocycles. The van der Waals surface area contributed by atoms with Crippen LogP contribution >= 0.6 is 0 Å². The fraction of sp³-hybridized carbons (Fsp3) is 0.353. The number of amides is 1. The lowest BCUT2D eigenvalue weighted by molar-refractivity contribution is -0.124. The van der Waals surface area contributed by atoms with Crippen molar-refractivity contribution >= 4 is 22.5 Å². The maximum Gasteiger partial charge on any atom is 0.244 e. The van der Waals surface area contributed by atoms with E-state index in [9.17, 15) is 10.1 Å². The van der Waals surface area contributed by atoms with E-state index in [2.05, 4.69) is 16.4 Å². The molecular weight excluding hydrogens is 262 g/mol. The smallest absolute Gasteiger partial charge is 0.244 e. The Morgan fingerprint density at radius 2 is 2.05 bits per heavy atom. The fourth-order valence-corrected chi connectivity index (χ4v) is 2.95. The van der Waals surface area contributed by atoms with Crippen molar-refractivity contribution in [2.24, 2.45) is 5.41 Å². The van der Waals surface area contributed by atoms with Crippen LogP contribution in [0.3, 0.4) is 0 Å². The minimum absolute atomic E-state index is 0.173. The van der Waals surface area contributed by atoms with Gasteiger partial charge in [0.2, 0.25) is 5.91 Å². The Kier molecular flexibility index (Phi) is 3.57. The molecule has 1 amide bonds. The monoisotopic (exact) mass is 279 g/mol. The van der Waals surface area contributed by atoms with Gasteiger partial charge >= 0.3 is 0 Å². The van der Waals surface area contributed by atoms with Crippen LogP contribution in [0.5, 0.6) is 0 Å². The second-order valence-electron chi connectivity index (χ2n) is 5.62. The van der Waals surface area contributed by atoms with Gasteiger partial charge in [-0.25, -0.2) is 0 Å². The third-order valence-electron chi connectivity index (χ3n) is 4.22. The molecule has 0 atom stereocenters. The average molecular weight is 279 g/mol. The molecule has 0 bridgehead atoms. The first-order chi connectivity index (χ1) is 10.2. The van der Waals surface area contributed by atoms with Crippen LogP contribution in [0.2, 0.25) is 0 Å². The van der Waals surface area contributed by atoms with Gasteiger partial charge in [0, 0.05) is 17.3 Å². The molecule has 2 aromatic rings. The van der Waals surface area contributed by atoms with Gasteiger partial charge in [0.05, 0.1) is 11.6 Å². The molecule has 0 radical (unpaired) electrons. The molecule has 1 fully saturated rings. The third-order valence-corrected chi connectivity index (χ3v) is 4.22. The molecule has 4 nitrogen and oxygen atoms in total. The predicted molar refractivity (Wildman–Crippen MR) is 81.5 cm³/mol. The summed E-state index contributed by atoms with van der Waals surface area (Å²) < 4.78 is 0. The minimum atomic E-state index is -0.859. The van der Waals surface area contributed by atoms with Crippen molar-refractivity contribution in [2.75, 3.05) is 5.32 Å². The highest BCUT2D eigenvalue weighted by Gasteiger charge is 2.39. The molecule has 106 valence electrons. The Morgan fingerprint density at radius 1 is 1.24 bits per heavy atom. The number of pyridine rings is 1. The zero-order chi connectivity index (χ0) is 14.7. The topological polar surface area (TPSA) is 65.8 Å². The molecule has 0 unspecified atom stereocenters. The predicted octanol–water partition coefficient (Wildman–Crippen LogP) is 3.65. The van der Waals surface area contributed by atoms with Crippen LogP contribution in [0, 0.1) is 16.7 Å². The van der Waals surface area contributed by atoms with Gasteiger partial charge in [-0.1, -0.05) is 25.3 Å². The number of hydrogen-bond donors (Lipinski definition) is 1. The Labute approximate surface area is 123 Å². The van der Waals surface area contributed by atoms with Gasteiger partial charge in [-0.05, 0) is 37.1 Å². The molecule has 1 aromatic carbocycles. The van der Waals surface area contributed by atoms with E-state index in [1.807, 2.05) is 30.3 Å². The van der Waals surface area contributed by atoms with Gasteiger partial charge < -0.3 is 5.32 Å². The lowest BCUT2D eigenvalue weighted by Crippen LogP contribution is -2.36. The molecule has 4 heteroatoms. The highest BCUT2D eigenvalue weighted by Crippen LogP contribution is 2.36. The summed E-state index contributed by atoms with van der Waals surface area (Å²) in [5.74, 6) is -0.173. The zero-order valence-electron chi connectivity index (χ0n) is 11.8. The third kappa shape index (κ3) is 2.59. The van der Waals surface area contributed by atoms with Gasteiger partial charge in [-0.3, -0.25) is 9.78 Å². The van der Waals surface area contributed by atoms with Crippen LogP contribution in [-0.4, -0.2) is 10.9 Å². The Balaban J connectivity index is 1.84. The normalized spacial score (nSPS) is 17.1. The Morgan fingerprint density at radius 3 is 2.81 bits per heavy atom. The number of nitriles is 1. The standard InChI is InChI=1S/C17H17N3O/c18-12-17(8-2-1-3-9-17)16(21)20-14-6-7-15-13(11-14)5-4-10-19-15/h4-7,10-11H,1-3,8-9H2,(H,20,21). The van der Waals surface area contributed by atoms with Crippen LogP contribution in [0.25, 0.3) is 10.9 Å². The van der Waals surface area contributed by atoms with Crippen LogP contribution in [0.1, 0.15) is 32.1 Å². The lowest BCUT2D eigenvalue weighted by Gasteiger charge is -2.29. The van der Waals surface area contributed by atoms with Gasteiger partial charge in [0.15, 0.2) is 0 Å². The van der Waals surface area contributed by atoms with E-state index in [0.29, 0.717) is 12.8 Å². The summed E-state index contributed by atoms with van der Waals surface area (Å²) in [6.07, 6.45) is 6.06. The van der Waals surface area contributed by atoms with Crippen molar-refractivity contribution in [3.8, 4) is 6.07 Å². The highest BCUT2D eigenvalue weighted by molar-refractivity contribution is 5.98. The Bertz CT molecular complexity index is 711. The Hall–Kier alpha value is -2.41. The first kappa shape index (κ1) is 13.6. The maximum atomic E-state index is 12.5. The number of benzene rings is 1. The number of carbonyl (C=O) groups is 1. The van der Waals surface area contributed by atoms with Crippen molar-refractivity contribution in [1.29, 1.82) is 5.26 Å². The van der Waals surface area contributed by atoms with Crippen molar-refractivity contribution in [3.05, 3.63) is 36.5 Å². The van der Waals surface area contributed by atoms with E-state index < -0.39 is 5.41 Å². The number of aromatic nitrogens is 1. The molecule has 21 heavy (non-hydrogen) atoms. The molecule has 1 aliphatic carbocycles. The van der Waals surface area contributed by atoms with Crippen molar-refractivity contribution in [1.82, 2.24) is 4.98 Å². The van der Waals surface area contributed by atoms with E-state index in [1.165, 1.54) is 0 Å². The number of carbonyl (C=O) groups excluding carboxylic acids is 1. The zero-order valence-corrected chi connectivity index (χ0v) is 11.8. The molecule has 1 heterocycles. The quantitative estimate of drug-likeness (QED) is 0.912. The van der Waals surface area contributed by atoms with E-state index in [0.717, 1.165) is 35.9 Å². The van der Waals surface area contributed by atoms with E-state index in [4.69, 9.17) is 0 Å².